The summed E-state index contributed by atoms with van der Waals surface area (Å²) in [7, 11) is -4.48. The highest BCUT2D eigenvalue weighted by atomic mass is 31.2. The number of hydrogen-bond donors (Lipinski definition) is 0. The first-order valence-corrected chi connectivity index (χ1v) is 20.6. The molecule has 1 heterocycles. The first kappa shape index (κ1) is 42.1. The molecule has 6 rings (SSSR count). The van der Waals surface area contributed by atoms with Crippen molar-refractivity contribution in [2.45, 2.75) is 84.5 Å². The van der Waals surface area contributed by atoms with E-state index in [1.807, 2.05) is 152 Å². The van der Waals surface area contributed by atoms with Crippen LogP contribution in [0.15, 0.2) is 152 Å². The highest BCUT2D eigenvalue weighted by Crippen LogP contribution is 2.54. The van der Waals surface area contributed by atoms with E-state index in [2.05, 4.69) is 0 Å². The van der Waals surface area contributed by atoms with E-state index < -0.39 is 49.9 Å². The van der Waals surface area contributed by atoms with Gasteiger partial charge in [0.2, 0.25) is 6.29 Å². The lowest BCUT2D eigenvalue weighted by atomic mass is 9.95. The Balaban J connectivity index is 1.37. The number of carbonyl (C=O) groups is 1. The molecule has 0 aliphatic carbocycles. The van der Waals surface area contributed by atoms with Crippen LogP contribution in [0.4, 0.5) is 0 Å². The average molecular weight is 795 g/mol. The Labute approximate surface area is 335 Å². The molecule has 11 heteroatoms. The largest absolute Gasteiger partial charge is 0.477 e. The van der Waals surface area contributed by atoms with E-state index in [9.17, 15) is 9.36 Å². The molecule has 1 saturated heterocycles. The maximum atomic E-state index is 14.8. The van der Waals surface area contributed by atoms with Crippen molar-refractivity contribution in [1.82, 2.24) is 0 Å². The number of ether oxygens (including phenoxy) is 5. The molecule has 0 N–H and O–H groups in total. The van der Waals surface area contributed by atoms with Gasteiger partial charge in [0.05, 0.1) is 45.1 Å². The molecule has 5 aromatic rings. The third-order valence-corrected chi connectivity index (χ3v) is 10.5. The molecule has 1 fully saturated rings. The van der Waals surface area contributed by atoms with Gasteiger partial charge in [-0.1, -0.05) is 152 Å². The third-order valence-electron chi connectivity index (χ3n) is 9.11. The molecule has 10 nitrogen and oxygen atoms in total. The first-order chi connectivity index (χ1) is 27.6. The number of phosphoric ester groups is 1. The third kappa shape index (κ3) is 13.0. The fraction of sp³-hybridized carbons (Fsp3) is 0.326. The summed E-state index contributed by atoms with van der Waals surface area (Å²) in [5.74, 6) is -0.552. The smallest absolute Gasteiger partial charge is 0.454 e. The second kappa shape index (κ2) is 20.8. The lowest BCUT2D eigenvalue weighted by Crippen LogP contribution is -2.62. The van der Waals surface area contributed by atoms with E-state index in [0.29, 0.717) is 0 Å². The van der Waals surface area contributed by atoms with Crippen LogP contribution >= 0.6 is 7.82 Å². The fourth-order valence-electron chi connectivity index (χ4n) is 6.00. The zero-order valence-corrected chi connectivity index (χ0v) is 33.5. The van der Waals surface area contributed by atoms with Crippen molar-refractivity contribution >= 4 is 13.8 Å². The maximum absolute atomic E-state index is 14.8. The summed E-state index contributed by atoms with van der Waals surface area (Å²) in [5.41, 5.74) is 3.32. The quantitative estimate of drug-likeness (QED) is 0.0593. The summed E-state index contributed by atoms with van der Waals surface area (Å²) < 4.78 is 65.8. The van der Waals surface area contributed by atoms with E-state index in [1.54, 1.807) is 20.8 Å². The topological polar surface area (TPSA) is 108 Å². The van der Waals surface area contributed by atoms with Gasteiger partial charge in [0.1, 0.15) is 18.3 Å². The molecular weight excluding hydrogens is 743 g/mol. The Bertz CT molecular complexity index is 1910. The predicted octanol–water partition coefficient (Wildman–Crippen LogP) is 9.62. The van der Waals surface area contributed by atoms with Crippen molar-refractivity contribution in [3.63, 3.8) is 0 Å². The van der Waals surface area contributed by atoms with Gasteiger partial charge in [-0.05, 0) is 48.6 Å². The van der Waals surface area contributed by atoms with Crippen molar-refractivity contribution < 1.29 is 46.6 Å². The Morgan fingerprint density at radius 3 is 1.35 bits per heavy atom. The zero-order chi connectivity index (χ0) is 39.9. The van der Waals surface area contributed by atoms with Crippen molar-refractivity contribution in [2.75, 3.05) is 6.61 Å². The predicted molar refractivity (Wildman–Crippen MR) is 215 cm³/mol. The lowest BCUT2D eigenvalue weighted by molar-refractivity contribution is -0.307. The van der Waals surface area contributed by atoms with Gasteiger partial charge < -0.3 is 23.7 Å². The normalized spacial score (nSPS) is 19.9. The Hall–Kier alpha value is -4.48. The molecule has 0 bridgehead atoms. The van der Waals surface area contributed by atoms with E-state index in [0.717, 1.165) is 27.8 Å². The van der Waals surface area contributed by atoms with Crippen LogP contribution in [0.5, 0.6) is 0 Å². The monoisotopic (exact) mass is 794 g/mol. The Morgan fingerprint density at radius 1 is 0.544 bits per heavy atom. The second-order valence-corrected chi connectivity index (χ2v) is 16.4. The Morgan fingerprint density at radius 2 is 0.930 bits per heavy atom. The van der Waals surface area contributed by atoms with Crippen molar-refractivity contribution in [1.29, 1.82) is 0 Å². The molecular formula is C46H51O10P. The molecule has 5 atom stereocenters. The van der Waals surface area contributed by atoms with Gasteiger partial charge >= 0.3 is 13.8 Å². The van der Waals surface area contributed by atoms with E-state index in [-0.39, 0.29) is 39.6 Å². The van der Waals surface area contributed by atoms with Gasteiger partial charge in [-0.15, -0.1) is 0 Å². The summed E-state index contributed by atoms with van der Waals surface area (Å²) in [6, 6.07) is 47.6. The lowest BCUT2D eigenvalue weighted by Gasteiger charge is -2.46. The summed E-state index contributed by atoms with van der Waals surface area (Å²) in [6.45, 7) is 5.70. The van der Waals surface area contributed by atoms with Gasteiger partial charge in [0.15, 0.2) is 6.10 Å². The Kier molecular flexibility index (Phi) is 15.4. The molecule has 1 aliphatic rings. The minimum absolute atomic E-state index is 0.0272. The fourth-order valence-corrected chi connectivity index (χ4v) is 7.23. The van der Waals surface area contributed by atoms with Gasteiger partial charge in [-0.25, -0.2) is 4.57 Å². The van der Waals surface area contributed by atoms with Crippen LogP contribution in [0.2, 0.25) is 0 Å². The van der Waals surface area contributed by atoms with E-state index in [1.165, 1.54) is 0 Å². The SMILES string of the molecule is CC(C)(C)C(=O)O[C@H]1C(OP(=O)(OCc2ccccc2)OCc2ccccc2)OC(COCc2ccccc2)[C@H](OCc2ccccc2)C1OCc1ccccc1. The van der Waals surface area contributed by atoms with Crippen LogP contribution in [0.25, 0.3) is 0 Å². The van der Waals surface area contributed by atoms with Crippen molar-refractivity contribution in [3.8, 4) is 0 Å². The van der Waals surface area contributed by atoms with Gasteiger partial charge in [0.25, 0.3) is 0 Å². The van der Waals surface area contributed by atoms with E-state index >= 15 is 0 Å². The van der Waals surface area contributed by atoms with Crippen LogP contribution in [-0.4, -0.2) is 43.3 Å². The highest BCUT2D eigenvalue weighted by Gasteiger charge is 2.53. The van der Waals surface area contributed by atoms with Gasteiger partial charge in [0, 0.05) is 0 Å². The molecule has 57 heavy (non-hydrogen) atoms. The molecule has 0 aromatic heterocycles. The summed E-state index contributed by atoms with van der Waals surface area (Å²) >= 11 is 0. The minimum Gasteiger partial charge on any atom is -0.454 e. The molecule has 0 amide bonds. The number of esters is 1. The number of hydrogen-bond acceptors (Lipinski definition) is 10. The average Bonchev–Trinajstić information content (AvgIpc) is 3.23. The number of phosphoric acid groups is 1. The van der Waals surface area contributed by atoms with Crippen LogP contribution in [0.1, 0.15) is 48.6 Å². The maximum Gasteiger partial charge on any atom is 0.477 e. The van der Waals surface area contributed by atoms with Crippen LogP contribution < -0.4 is 0 Å². The van der Waals surface area contributed by atoms with Gasteiger partial charge in [-0.3, -0.25) is 18.4 Å². The molecule has 0 saturated carbocycles. The summed E-state index contributed by atoms with van der Waals surface area (Å²) in [4.78, 5) is 13.8. The molecule has 3 unspecified atom stereocenters. The number of carbonyl (C=O) groups excluding carboxylic acids is 1. The van der Waals surface area contributed by atoms with E-state index in [4.69, 9.17) is 37.3 Å². The van der Waals surface area contributed by atoms with Crippen LogP contribution in [0.3, 0.4) is 0 Å². The van der Waals surface area contributed by atoms with Crippen LogP contribution in [-0.2, 0) is 79.6 Å². The second-order valence-electron chi connectivity index (χ2n) is 14.8. The zero-order valence-electron chi connectivity index (χ0n) is 32.6. The summed E-state index contributed by atoms with van der Waals surface area (Å²) in [5, 5.41) is 0. The highest BCUT2D eigenvalue weighted by molar-refractivity contribution is 7.48. The molecule has 300 valence electrons. The van der Waals surface area contributed by atoms with Gasteiger partial charge in [-0.2, -0.15) is 0 Å². The minimum atomic E-state index is -4.48. The van der Waals surface area contributed by atoms with Crippen molar-refractivity contribution in [3.05, 3.63) is 179 Å². The number of rotatable bonds is 19. The van der Waals surface area contributed by atoms with Crippen LogP contribution in [0, 0.1) is 5.41 Å². The number of benzene rings is 5. The molecule has 0 spiro atoms. The first-order valence-electron chi connectivity index (χ1n) is 19.1. The molecule has 5 aromatic carbocycles. The van der Waals surface area contributed by atoms with Crippen molar-refractivity contribution in [2.24, 2.45) is 5.41 Å². The standard InChI is InChI=1S/C46H51O10P/c1-46(2,3)45(47)55-43-42(51-31-37-23-13-6-14-24-37)41(50-30-36-21-11-5-12-22-36)40(34-49-29-35-19-9-4-10-20-35)54-44(43)56-57(48,52-32-38-25-15-7-16-26-38)53-33-39-27-17-8-18-28-39/h4-28,40-44H,29-34H2,1-3H3/t40?,41-,42?,43+,44?/m0/s1. The molecule has 1 aliphatic heterocycles. The molecule has 0 radical (unpaired) electrons. The summed E-state index contributed by atoms with van der Waals surface area (Å²) in [6.07, 6.45) is -5.50.